The molecule has 0 saturated carbocycles. The number of alkyl halides is 2. The highest BCUT2D eigenvalue weighted by Gasteiger charge is 2.15. The molecule has 0 radical (unpaired) electrons. The summed E-state index contributed by atoms with van der Waals surface area (Å²) in [4.78, 5) is 19.6. The summed E-state index contributed by atoms with van der Waals surface area (Å²) in [6.07, 6.45) is -1.42. The molecule has 0 fully saturated rings. The normalized spacial score (nSPS) is 10.5. The summed E-state index contributed by atoms with van der Waals surface area (Å²) in [5.41, 5.74) is 5.24. The third-order valence-corrected chi connectivity index (χ3v) is 2.66. The second-order valence-electron chi connectivity index (χ2n) is 4.24. The maximum atomic E-state index is 12.6. The van der Waals surface area contributed by atoms with Crippen LogP contribution >= 0.6 is 0 Å². The molecule has 2 aromatic rings. The molecule has 116 valence electrons. The molecule has 0 saturated heterocycles. The van der Waals surface area contributed by atoms with Gasteiger partial charge in [0, 0.05) is 6.07 Å². The first-order valence-corrected chi connectivity index (χ1v) is 6.46. The van der Waals surface area contributed by atoms with Gasteiger partial charge in [-0.05, 0) is 19.1 Å². The highest BCUT2D eigenvalue weighted by molar-refractivity contribution is 6.03. The monoisotopic (exact) mass is 308 g/mol. The Balaban J connectivity index is 2.23. The van der Waals surface area contributed by atoms with Crippen LogP contribution in [0.3, 0.4) is 0 Å². The summed E-state index contributed by atoms with van der Waals surface area (Å²) in [5, 5.41) is 2.52. The van der Waals surface area contributed by atoms with Gasteiger partial charge in [0.15, 0.2) is 0 Å². The molecule has 0 unspecified atom stereocenters. The van der Waals surface area contributed by atoms with Crippen molar-refractivity contribution < 1.29 is 18.3 Å². The lowest BCUT2D eigenvalue weighted by molar-refractivity contribution is 0.101. The average Bonchev–Trinajstić information content (AvgIpc) is 2.50. The molecule has 0 aliphatic rings. The van der Waals surface area contributed by atoms with Crippen molar-refractivity contribution >= 4 is 17.4 Å². The summed E-state index contributed by atoms with van der Waals surface area (Å²) in [6.45, 7) is 2.14. The maximum Gasteiger partial charge on any atom is 0.280 e. The Kier molecular flexibility index (Phi) is 4.82. The van der Waals surface area contributed by atoms with E-state index in [4.69, 9.17) is 10.5 Å². The number of nitrogens with one attached hydrogen (secondary N) is 1. The van der Waals surface area contributed by atoms with Crippen molar-refractivity contribution in [2.24, 2.45) is 0 Å². The van der Waals surface area contributed by atoms with Crippen molar-refractivity contribution in [3.63, 3.8) is 0 Å². The lowest BCUT2D eigenvalue weighted by Gasteiger charge is -2.11. The van der Waals surface area contributed by atoms with Gasteiger partial charge in [-0.3, -0.25) is 4.79 Å². The molecule has 8 heteroatoms. The number of halogens is 2. The number of nitrogen functional groups attached to an aromatic ring is 1. The van der Waals surface area contributed by atoms with E-state index in [0.29, 0.717) is 12.4 Å². The number of amides is 1. The third-order valence-electron chi connectivity index (χ3n) is 2.66. The number of aromatic nitrogens is 2. The number of anilines is 2. The van der Waals surface area contributed by atoms with Crippen LogP contribution in [0.15, 0.2) is 30.5 Å². The van der Waals surface area contributed by atoms with Crippen LogP contribution in [0.1, 0.15) is 29.5 Å². The van der Waals surface area contributed by atoms with Gasteiger partial charge >= 0.3 is 0 Å². The quantitative estimate of drug-likeness (QED) is 0.886. The lowest BCUT2D eigenvalue weighted by atomic mass is 10.2. The van der Waals surface area contributed by atoms with Gasteiger partial charge in [-0.1, -0.05) is 6.07 Å². The van der Waals surface area contributed by atoms with E-state index in [0.717, 1.165) is 6.07 Å². The fourth-order valence-corrected chi connectivity index (χ4v) is 1.71. The highest BCUT2D eigenvalue weighted by Crippen LogP contribution is 2.26. The van der Waals surface area contributed by atoms with Crippen molar-refractivity contribution in [1.82, 2.24) is 9.97 Å². The number of nitrogens with two attached hydrogens (primary N) is 1. The molecule has 2 heterocycles. The number of hydrogen-bond acceptors (Lipinski definition) is 5. The first-order chi connectivity index (χ1) is 10.5. The van der Waals surface area contributed by atoms with Gasteiger partial charge in [0.05, 0.1) is 12.8 Å². The minimum absolute atomic E-state index is 0.128. The van der Waals surface area contributed by atoms with Crippen LogP contribution in [0.4, 0.5) is 20.3 Å². The Morgan fingerprint density at radius 2 is 2.23 bits per heavy atom. The van der Waals surface area contributed by atoms with Gasteiger partial charge in [-0.15, -0.1) is 0 Å². The van der Waals surface area contributed by atoms with Gasteiger partial charge in [0.1, 0.15) is 28.6 Å². The Bertz CT molecular complexity index is 680. The molecule has 2 rings (SSSR count). The van der Waals surface area contributed by atoms with E-state index in [2.05, 4.69) is 15.3 Å². The zero-order valence-corrected chi connectivity index (χ0v) is 11.7. The lowest BCUT2D eigenvalue weighted by Crippen LogP contribution is -2.15. The van der Waals surface area contributed by atoms with Crippen LogP contribution in [0.5, 0.6) is 5.75 Å². The van der Waals surface area contributed by atoms with Crippen LogP contribution in [0, 0.1) is 0 Å². The first kappa shape index (κ1) is 15.6. The second-order valence-corrected chi connectivity index (χ2v) is 4.24. The van der Waals surface area contributed by atoms with Gasteiger partial charge in [-0.2, -0.15) is 0 Å². The highest BCUT2D eigenvalue weighted by atomic mass is 19.3. The van der Waals surface area contributed by atoms with E-state index in [-0.39, 0.29) is 17.2 Å². The zero-order valence-electron chi connectivity index (χ0n) is 11.7. The largest absolute Gasteiger partial charge is 0.491 e. The molecule has 0 aliphatic carbocycles. The van der Waals surface area contributed by atoms with E-state index in [1.54, 1.807) is 6.92 Å². The fourth-order valence-electron chi connectivity index (χ4n) is 1.71. The fraction of sp³-hybridized carbons (Fsp3) is 0.214. The van der Waals surface area contributed by atoms with E-state index in [1.807, 2.05) is 0 Å². The minimum Gasteiger partial charge on any atom is -0.491 e. The summed E-state index contributed by atoms with van der Waals surface area (Å²) < 4.78 is 30.6. The van der Waals surface area contributed by atoms with Crippen molar-refractivity contribution in [1.29, 1.82) is 0 Å². The summed E-state index contributed by atoms with van der Waals surface area (Å²) in [5.74, 6) is -0.0670. The van der Waals surface area contributed by atoms with E-state index >= 15 is 0 Å². The molecular weight excluding hydrogens is 294 g/mol. The number of carbonyl (C=O) groups excluding carboxylic acids is 1. The summed E-state index contributed by atoms with van der Waals surface area (Å²) >= 11 is 0. The summed E-state index contributed by atoms with van der Waals surface area (Å²) in [7, 11) is 0. The topological polar surface area (TPSA) is 90.1 Å². The number of rotatable bonds is 5. The van der Waals surface area contributed by atoms with Gasteiger partial charge in [0.25, 0.3) is 12.3 Å². The van der Waals surface area contributed by atoms with Crippen molar-refractivity contribution in [3.8, 4) is 5.75 Å². The Morgan fingerprint density at radius 3 is 2.91 bits per heavy atom. The van der Waals surface area contributed by atoms with Crippen molar-refractivity contribution in [3.05, 3.63) is 41.9 Å². The Hall–Kier alpha value is -2.77. The SMILES string of the molecule is CCOc1cc(N)ncc1NC(=O)c1cccc(C(F)F)n1. The predicted octanol–water partition coefficient (Wildman–Crippen LogP) is 2.65. The molecule has 6 nitrogen and oxygen atoms in total. The number of ether oxygens (including phenoxy) is 1. The molecule has 0 spiro atoms. The standard InChI is InChI=1S/C14H14F2N4O2/c1-2-22-11-6-12(17)18-7-10(11)20-14(21)9-5-3-4-8(19-9)13(15)16/h3-7,13H,2H2,1H3,(H2,17,18)(H,20,21). The minimum atomic E-state index is -2.75. The molecule has 2 aromatic heterocycles. The first-order valence-electron chi connectivity index (χ1n) is 6.46. The van der Waals surface area contributed by atoms with E-state index in [9.17, 15) is 13.6 Å². The van der Waals surface area contributed by atoms with Crippen LogP contribution in [-0.2, 0) is 0 Å². The molecule has 3 N–H and O–H groups in total. The molecule has 0 aromatic carbocycles. The van der Waals surface area contributed by atoms with Crippen LogP contribution < -0.4 is 15.8 Å². The van der Waals surface area contributed by atoms with Gasteiger partial charge < -0.3 is 15.8 Å². The third kappa shape index (κ3) is 3.66. The molecule has 0 bridgehead atoms. The van der Waals surface area contributed by atoms with Gasteiger partial charge in [0.2, 0.25) is 0 Å². The smallest absolute Gasteiger partial charge is 0.280 e. The zero-order chi connectivity index (χ0) is 16.1. The maximum absolute atomic E-state index is 12.6. The molecular formula is C14H14F2N4O2. The van der Waals surface area contributed by atoms with Gasteiger partial charge in [-0.25, -0.2) is 18.7 Å². The predicted molar refractivity (Wildman–Crippen MR) is 77.0 cm³/mol. The van der Waals surface area contributed by atoms with E-state index in [1.165, 1.54) is 24.4 Å². The van der Waals surface area contributed by atoms with Crippen molar-refractivity contribution in [2.45, 2.75) is 13.3 Å². The number of carbonyl (C=O) groups is 1. The number of hydrogen-bond donors (Lipinski definition) is 2. The summed E-state index contributed by atoms with van der Waals surface area (Å²) in [6, 6.07) is 5.29. The second kappa shape index (κ2) is 6.79. The number of pyridine rings is 2. The molecule has 22 heavy (non-hydrogen) atoms. The van der Waals surface area contributed by atoms with Crippen molar-refractivity contribution in [2.75, 3.05) is 17.7 Å². The van der Waals surface area contributed by atoms with Crippen LogP contribution in [-0.4, -0.2) is 22.5 Å². The Morgan fingerprint density at radius 1 is 1.45 bits per heavy atom. The Labute approximate surface area is 125 Å². The van der Waals surface area contributed by atoms with Crippen LogP contribution in [0.2, 0.25) is 0 Å². The molecule has 1 amide bonds. The molecule has 0 aliphatic heterocycles. The van der Waals surface area contributed by atoms with Crippen LogP contribution in [0.25, 0.3) is 0 Å². The van der Waals surface area contributed by atoms with E-state index < -0.39 is 18.0 Å². The average molecular weight is 308 g/mol. The molecule has 0 atom stereocenters. The number of nitrogens with zero attached hydrogens (tertiary/aromatic N) is 2.